The standard InChI is InChI=1S/C26H27N5O6/c1-17-13-22(31-37-17)27-15-21(30-24(33)19-11-7-4-8-12-19)25(34)28-16-23(32)29-20(26(35)36-2)14-18-9-5-3-6-10-18/h3-13,15,20H,14,16H2,1-2H3,(H,27,31)(H,28,34)(H,29,32)(H,30,33)/b21-15-/t20-/m0/s1. The molecule has 0 aliphatic rings. The fourth-order valence-electron chi connectivity index (χ4n) is 3.21. The van der Waals surface area contributed by atoms with E-state index in [4.69, 9.17) is 9.26 Å². The molecule has 2 aromatic carbocycles. The van der Waals surface area contributed by atoms with Crippen molar-refractivity contribution in [1.29, 1.82) is 0 Å². The Hall–Kier alpha value is -4.93. The van der Waals surface area contributed by atoms with Crippen molar-refractivity contribution in [3.05, 3.63) is 95.5 Å². The third-order valence-electron chi connectivity index (χ3n) is 5.03. The van der Waals surface area contributed by atoms with Crippen LogP contribution in [0.1, 0.15) is 21.7 Å². The number of rotatable bonds is 11. The van der Waals surface area contributed by atoms with Crippen molar-refractivity contribution in [3.63, 3.8) is 0 Å². The van der Waals surface area contributed by atoms with Crippen LogP contribution >= 0.6 is 0 Å². The maximum atomic E-state index is 12.9. The molecule has 1 atom stereocenters. The smallest absolute Gasteiger partial charge is 0.328 e. The van der Waals surface area contributed by atoms with E-state index in [0.717, 1.165) is 5.56 Å². The third-order valence-corrected chi connectivity index (χ3v) is 5.03. The average molecular weight is 506 g/mol. The van der Waals surface area contributed by atoms with E-state index in [0.29, 0.717) is 17.1 Å². The van der Waals surface area contributed by atoms with Crippen LogP contribution in [-0.2, 0) is 25.5 Å². The second-order valence-electron chi connectivity index (χ2n) is 7.86. The lowest BCUT2D eigenvalue weighted by atomic mass is 10.1. The Labute approximate surface area is 213 Å². The van der Waals surface area contributed by atoms with Gasteiger partial charge in [0.25, 0.3) is 11.8 Å². The lowest BCUT2D eigenvalue weighted by Crippen LogP contribution is -2.47. The van der Waals surface area contributed by atoms with Gasteiger partial charge in [-0.05, 0) is 24.6 Å². The quantitative estimate of drug-likeness (QED) is 0.227. The number of hydrogen-bond donors (Lipinski definition) is 4. The van der Waals surface area contributed by atoms with Gasteiger partial charge in [0.15, 0.2) is 5.82 Å². The molecule has 0 aliphatic carbocycles. The second-order valence-corrected chi connectivity index (χ2v) is 7.86. The number of hydrogen-bond acceptors (Lipinski definition) is 8. The van der Waals surface area contributed by atoms with E-state index in [2.05, 4.69) is 26.4 Å². The maximum absolute atomic E-state index is 12.9. The van der Waals surface area contributed by atoms with Crippen LogP contribution in [0.5, 0.6) is 0 Å². The van der Waals surface area contributed by atoms with Crippen molar-refractivity contribution in [3.8, 4) is 0 Å². The molecule has 3 rings (SSSR count). The summed E-state index contributed by atoms with van der Waals surface area (Å²) in [5, 5.41) is 14.1. The van der Waals surface area contributed by atoms with E-state index < -0.39 is 36.3 Å². The van der Waals surface area contributed by atoms with Crippen molar-refractivity contribution in [2.24, 2.45) is 0 Å². The lowest BCUT2D eigenvalue weighted by molar-refractivity contribution is -0.144. The van der Waals surface area contributed by atoms with Crippen LogP contribution in [0.3, 0.4) is 0 Å². The molecule has 11 heteroatoms. The number of nitrogens with one attached hydrogen (secondary N) is 4. The highest BCUT2D eigenvalue weighted by atomic mass is 16.5. The highest BCUT2D eigenvalue weighted by molar-refractivity contribution is 6.03. The van der Waals surface area contributed by atoms with Gasteiger partial charge < -0.3 is 30.5 Å². The number of nitrogens with zero attached hydrogens (tertiary/aromatic N) is 1. The monoisotopic (exact) mass is 505 g/mol. The summed E-state index contributed by atoms with van der Waals surface area (Å²) in [6.45, 7) is 1.24. The van der Waals surface area contributed by atoms with Crippen molar-refractivity contribution < 1.29 is 28.4 Å². The van der Waals surface area contributed by atoms with Gasteiger partial charge in [-0.15, -0.1) is 0 Å². The number of anilines is 1. The van der Waals surface area contributed by atoms with E-state index in [1.807, 2.05) is 30.3 Å². The Kier molecular flexibility index (Phi) is 9.54. The Balaban J connectivity index is 1.65. The molecule has 0 unspecified atom stereocenters. The molecule has 11 nitrogen and oxygen atoms in total. The van der Waals surface area contributed by atoms with Gasteiger partial charge in [0.1, 0.15) is 17.5 Å². The van der Waals surface area contributed by atoms with Crippen LogP contribution in [0.2, 0.25) is 0 Å². The summed E-state index contributed by atoms with van der Waals surface area (Å²) in [7, 11) is 1.23. The number of aryl methyl sites for hydroxylation is 1. The van der Waals surface area contributed by atoms with Gasteiger partial charge >= 0.3 is 5.97 Å². The number of esters is 1. The first-order valence-electron chi connectivity index (χ1n) is 11.3. The summed E-state index contributed by atoms with van der Waals surface area (Å²) in [5.41, 5.74) is 0.986. The minimum absolute atomic E-state index is 0.170. The summed E-state index contributed by atoms with van der Waals surface area (Å²) < 4.78 is 9.77. The van der Waals surface area contributed by atoms with Gasteiger partial charge in [0.2, 0.25) is 5.91 Å². The van der Waals surface area contributed by atoms with Gasteiger partial charge in [0, 0.05) is 24.3 Å². The highest BCUT2D eigenvalue weighted by Gasteiger charge is 2.23. The number of carbonyl (C=O) groups excluding carboxylic acids is 4. The predicted octanol–water partition coefficient (Wildman–Crippen LogP) is 1.68. The minimum Gasteiger partial charge on any atom is -0.467 e. The topological polar surface area (TPSA) is 152 Å². The normalized spacial score (nSPS) is 11.7. The van der Waals surface area contributed by atoms with Crippen LogP contribution in [0.4, 0.5) is 5.82 Å². The highest BCUT2D eigenvalue weighted by Crippen LogP contribution is 2.08. The van der Waals surface area contributed by atoms with Gasteiger partial charge in [-0.1, -0.05) is 53.7 Å². The SMILES string of the molecule is COC(=O)[C@H](Cc1ccccc1)NC(=O)CNC(=O)/C(=C/Nc1cc(C)on1)NC(=O)c1ccccc1. The van der Waals surface area contributed by atoms with E-state index in [9.17, 15) is 19.2 Å². The molecule has 3 amide bonds. The molecule has 192 valence electrons. The van der Waals surface area contributed by atoms with E-state index >= 15 is 0 Å². The number of carbonyl (C=O) groups is 4. The van der Waals surface area contributed by atoms with Crippen LogP contribution in [-0.4, -0.2) is 48.5 Å². The molecule has 1 aromatic heterocycles. The van der Waals surface area contributed by atoms with Crippen molar-refractivity contribution >= 4 is 29.5 Å². The Morgan fingerprint density at radius 2 is 1.70 bits per heavy atom. The maximum Gasteiger partial charge on any atom is 0.328 e. The largest absolute Gasteiger partial charge is 0.467 e. The van der Waals surface area contributed by atoms with Crippen molar-refractivity contribution in [1.82, 2.24) is 21.1 Å². The Morgan fingerprint density at radius 1 is 1.03 bits per heavy atom. The first kappa shape index (κ1) is 26.7. The molecular weight excluding hydrogens is 478 g/mol. The van der Waals surface area contributed by atoms with Crippen molar-refractivity contribution in [2.75, 3.05) is 19.0 Å². The summed E-state index contributed by atoms with van der Waals surface area (Å²) in [4.78, 5) is 50.2. The van der Waals surface area contributed by atoms with Gasteiger partial charge in [0.05, 0.1) is 13.7 Å². The third kappa shape index (κ3) is 8.35. The molecule has 0 bridgehead atoms. The predicted molar refractivity (Wildman–Crippen MR) is 134 cm³/mol. The van der Waals surface area contributed by atoms with Crippen LogP contribution < -0.4 is 21.3 Å². The fourth-order valence-corrected chi connectivity index (χ4v) is 3.21. The molecule has 1 heterocycles. The lowest BCUT2D eigenvalue weighted by Gasteiger charge is -2.17. The molecule has 0 saturated carbocycles. The van der Waals surface area contributed by atoms with E-state index in [1.54, 1.807) is 43.3 Å². The molecule has 0 aliphatic heterocycles. The van der Waals surface area contributed by atoms with Crippen LogP contribution in [0, 0.1) is 6.92 Å². The summed E-state index contributed by atoms with van der Waals surface area (Å²) in [6.07, 6.45) is 1.45. The molecular formula is C26H27N5O6. The zero-order valence-corrected chi connectivity index (χ0v) is 20.3. The van der Waals surface area contributed by atoms with Crippen LogP contribution in [0.25, 0.3) is 0 Å². The average Bonchev–Trinajstić information content (AvgIpc) is 3.34. The zero-order chi connectivity index (χ0) is 26.6. The summed E-state index contributed by atoms with van der Waals surface area (Å²) in [6, 6.07) is 18.1. The molecule has 3 aromatic rings. The molecule has 0 fully saturated rings. The van der Waals surface area contributed by atoms with Gasteiger partial charge in [-0.25, -0.2) is 4.79 Å². The molecule has 0 saturated heterocycles. The van der Waals surface area contributed by atoms with Gasteiger partial charge in [-0.3, -0.25) is 14.4 Å². The van der Waals surface area contributed by atoms with Gasteiger partial charge in [-0.2, -0.15) is 0 Å². The van der Waals surface area contributed by atoms with Crippen LogP contribution in [0.15, 0.2) is 83.2 Å². The summed E-state index contributed by atoms with van der Waals surface area (Å²) in [5.74, 6) is -1.65. The number of amides is 3. The summed E-state index contributed by atoms with van der Waals surface area (Å²) >= 11 is 0. The number of aromatic nitrogens is 1. The number of ether oxygens (including phenoxy) is 1. The molecule has 37 heavy (non-hydrogen) atoms. The van der Waals surface area contributed by atoms with E-state index in [1.165, 1.54) is 13.3 Å². The Bertz CT molecular complexity index is 1260. The molecule has 0 spiro atoms. The Morgan fingerprint density at radius 3 is 2.32 bits per heavy atom. The number of methoxy groups -OCH3 is 1. The first-order valence-corrected chi connectivity index (χ1v) is 11.3. The number of benzene rings is 2. The fraction of sp³-hybridized carbons (Fsp3) is 0.192. The first-order chi connectivity index (χ1) is 17.9. The zero-order valence-electron chi connectivity index (χ0n) is 20.3. The minimum atomic E-state index is -0.943. The van der Waals surface area contributed by atoms with Crippen molar-refractivity contribution in [2.45, 2.75) is 19.4 Å². The van der Waals surface area contributed by atoms with E-state index in [-0.39, 0.29) is 12.1 Å². The molecule has 4 N–H and O–H groups in total. The molecule has 0 radical (unpaired) electrons. The second kappa shape index (κ2) is 13.2.